The molecule has 0 aliphatic rings. The second kappa shape index (κ2) is 3.79. The molecule has 78 valence electrons. The lowest BCUT2D eigenvalue weighted by atomic mass is 10.3. The summed E-state index contributed by atoms with van der Waals surface area (Å²) in [5, 5.41) is 10.9. The van der Waals surface area contributed by atoms with Gasteiger partial charge in [0.25, 0.3) is 0 Å². The zero-order chi connectivity index (χ0) is 11.0. The van der Waals surface area contributed by atoms with E-state index in [1.165, 1.54) is 11.3 Å². The third-order valence-electron chi connectivity index (χ3n) is 1.84. The van der Waals surface area contributed by atoms with Gasteiger partial charge in [-0.2, -0.15) is 0 Å². The molecule has 0 aliphatic heterocycles. The Morgan fingerprint density at radius 2 is 2.40 bits per heavy atom. The lowest BCUT2D eigenvalue weighted by Crippen LogP contribution is -1.98. The van der Waals surface area contributed by atoms with Crippen molar-refractivity contribution in [1.82, 2.24) is 9.97 Å². The maximum atomic E-state index is 10.9. The lowest BCUT2D eigenvalue weighted by molar-refractivity contribution is 0.0692. The van der Waals surface area contributed by atoms with Crippen molar-refractivity contribution in [2.45, 2.75) is 6.92 Å². The predicted molar refractivity (Wildman–Crippen MR) is 61.3 cm³/mol. The Kier molecular flexibility index (Phi) is 2.62. The minimum atomic E-state index is -1.01. The van der Waals surface area contributed by atoms with Crippen LogP contribution in [0.15, 0.2) is 15.9 Å². The first-order valence-electron chi connectivity index (χ1n) is 4.12. The first-order chi connectivity index (χ1) is 7.08. The second-order valence-corrected chi connectivity index (χ2v) is 4.81. The number of carbonyl (C=O) groups is 1. The largest absolute Gasteiger partial charge is 0.476 e. The van der Waals surface area contributed by atoms with Crippen LogP contribution in [0.2, 0.25) is 0 Å². The molecule has 2 aromatic heterocycles. The van der Waals surface area contributed by atoms with Crippen LogP contribution in [0.25, 0.3) is 10.6 Å². The number of carboxylic acids is 1. The molecule has 0 fully saturated rings. The summed E-state index contributed by atoms with van der Waals surface area (Å²) >= 11 is 4.79. The summed E-state index contributed by atoms with van der Waals surface area (Å²) in [6.07, 6.45) is 0. The topological polar surface area (TPSA) is 66.0 Å². The van der Waals surface area contributed by atoms with Gasteiger partial charge >= 0.3 is 5.97 Å². The van der Waals surface area contributed by atoms with Gasteiger partial charge in [-0.15, -0.1) is 11.3 Å². The summed E-state index contributed by atoms with van der Waals surface area (Å²) in [6, 6.07) is 1.87. The summed E-state index contributed by atoms with van der Waals surface area (Å²) in [6.45, 7) is 1.73. The lowest BCUT2D eigenvalue weighted by Gasteiger charge is -1.93. The highest BCUT2D eigenvalue weighted by atomic mass is 79.9. The van der Waals surface area contributed by atoms with Crippen molar-refractivity contribution in [2.24, 2.45) is 0 Å². The summed E-state index contributed by atoms with van der Waals surface area (Å²) in [7, 11) is 0. The fraction of sp³-hybridized carbons (Fsp3) is 0.111. The Morgan fingerprint density at radius 1 is 1.67 bits per heavy atom. The van der Waals surface area contributed by atoms with Gasteiger partial charge in [-0.05, 0) is 28.9 Å². The van der Waals surface area contributed by atoms with Crippen molar-refractivity contribution in [2.75, 3.05) is 0 Å². The normalized spacial score (nSPS) is 10.5. The van der Waals surface area contributed by atoms with Crippen molar-refractivity contribution < 1.29 is 9.90 Å². The van der Waals surface area contributed by atoms with E-state index in [2.05, 4.69) is 25.9 Å². The molecule has 2 heterocycles. The number of carboxylic acid groups (broad SMARTS) is 1. The molecule has 0 aromatic carbocycles. The molecule has 0 aliphatic carbocycles. The molecule has 0 bridgehead atoms. The van der Waals surface area contributed by atoms with Crippen molar-refractivity contribution in [3.63, 3.8) is 0 Å². The first-order valence-corrected chi connectivity index (χ1v) is 5.79. The molecule has 6 heteroatoms. The van der Waals surface area contributed by atoms with Gasteiger partial charge in [-0.3, -0.25) is 0 Å². The number of aryl methyl sites for hydroxylation is 1. The molecule has 0 saturated carbocycles. The van der Waals surface area contributed by atoms with E-state index in [1.807, 2.05) is 11.4 Å². The van der Waals surface area contributed by atoms with Gasteiger partial charge in [0.1, 0.15) is 5.82 Å². The molecule has 2 N–H and O–H groups in total. The summed E-state index contributed by atoms with van der Waals surface area (Å²) < 4.78 is 0.936. The highest BCUT2D eigenvalue weighted by molar-refractivity contribution is 9.10. The Morgan fingerprint density at radius 3 is 2.93 bits per heavy atom. The van der Waals surface area contributed by atoms with E-state index in [1.54, 1.807) is 6.92 Å². The maximum Gasteiger partial charge on any atom is 0.356 e. The number of imidazole rings is 1. The van der Waals surface area contributed by atoms with Gasteiger partial charge < -0.3 is 10.1 Å². The average molecular weight is 287 g/mol. The number of rotatable bonds is 2. The van der Waals surface area contributed by atoms with E-state index < -0.39 is 5.97 Å². The molecule has 15 heavy (non-hydrogen) atoms. The zero-order valence-electron chi connectivity index (χ0n) is 7.74. The summed E-state index contributed by atoms with van der Waals surface area (Å²) in [5.41, 5.74) is 0.637. The Balaban J connectivity index is 2.56. The van der Waals surface area contributed by atoms with Crippen LogP contribution < -0.4 is 0 Å². The molecule has 2 rings (SSSR count). The molecule has 0 saturated heterocycles. The number of aromatic amines is 1. The van der Waals surface area contributed by atoms with Gasteiger partial charge in [0.05, 0.1) is 10.6 Å². The number of hydrogen-bond donors (Lipinski definition) is 2. The van der Waals surface area contributed by atoms with Gasteiger partial charge in [0.15, 0.2) is 5.69 Å². The Labute approximate surface area is 98.1 Å². The van der Waals surface area contributed by atoms with Crippen LogP contribution in [-0.4, -0.2) is 21.0 Å². The van der Waals surface area contributed by atoms with Crippen molar-refractivity contribution >= 4 is 33.2 Å². The number of nitrogens with one attached hydrogen (secondary N) is 1. The Bertz CT molecular complexity index is 518. The summed E-state index contributed by atoms with van der Waals surface area (Å²) in [5.74, 6) is -0.411. The van der Waals surface area contributed by atoms with E-state index in [0.717, 1.165) is 9.35 Å². The molecular weight excluding hydrogens is 280 g/mol. The van der Waals surface area contributed by atoms with Crippen molar-refractivity contribution in [3.05, 3.63) is 27.4 Å². The number of H-pyrrole nitrogens is 1. The van der Waals surface area contributed by atoms with Gasteiger partial charge in [0.2, 0.25) is 0 Å². The molecule has 0 radical (unpaired) electrons. The van der Waals surface area contributed by atoms with Gasteiger partial charge in [-0.1, -0.05) is 0 Å². The van der Waals surface area contributed by atoms with Crippen LogP contribution in [-0.2, 0) is 0 Å². The molecule has 0 unspecified atom stereocenters. The predicted octanol–water partition coefficient (Wildman–Crippen LogP) is 2.91. The SMILES string of the molecule is Cc1nc(C(=O)O)c(-c2cc(Br)cs2)[nH]1. The molecule has 0 atom stereocenters. The van der Waals surface area contributed by atoms with Crippen LogP contribution in [0.4, 0.5) is 0 Å². The van der Waals surface area contributed by atoms with E-state index >= 15 is 0 Å². The second-order valence-electron chi connectivity index (χ2n) is 2.98. The number of hydrogen-bond acceptors (Lipinski definition) is 3. The number of aromatic nitrogens is 2. The number of nitrogens with zero attached hydrogens (tertiary/aromatic N) is 1. The fourth-order valence-electron chi connectivity index (χ4n) is 1.27. The first kappa shape index (κ1) is 10.4. The minimum Gasteiger partial charge on any atom is -0.476 e. The number of aromatic carboxylic acids is 1. The smallest absolute Gasteiger partial charge is 0.356 e. The standard InChI is InChI=1S/C9H7BrN2O2S/c1-4-11-7(8(12-4)9(13)14)6-2-5(10)3-15-6/h2-3H,1H3,(H,11,12)(H,13,14). The van der Waals surface area contributed by atoms with Crippen LogP contribution in [0.5, 0.6) is 0 Å². The van der Waals surface area contributed by atoms with Crippen LogP contribution in [0.3, 0.4) is 0 Å². The van der Waals surface area contributed by atoms with E-state index in [9.17, 15) is 4.79 Å². The third kappa shape index (κ3) is 1.95. The maximum absolute atomic E-state index is 10.9. The monoisotopic (exact) mass is 286 g/mol. The zero-order valence-corrected chi connectivity index (χ0v) is 10.1. The van der Waals surface area contributed by atoms with E-state index in [-0.39, 0.29) is 5.69 Å². The van der Waals surface area contributed by atoms with Crippen molar-refractivity contribution in [3.8, 4) is 10.6 Å². The molecule has 4 nitrogen and oxygen atoms in total. The number of thiophene rings is 1. The Hall–Kier alpha value is -1.14. The highest BCUT2D eigenvalue weighted by Crippen LogP contribution is 2.30. The van der Waals surface area contributed by atoms with E-state index in [4.69, 9.17) is 5.11 Å². The fourth-order valence-corrected chi connectivity index (χ4v) is 2.70. The minimum absolute atomic E-state index is 0.0712. The van der Waals surface area contributed by atoms with Crippen LogP contribution in [0.1, 0.15) is 16.3 Å². The molecule has 0 spiro atoms. The molecule has 2 aromatic rings. The molecular formula is C9H7BrN2O2S. The van der Waals surface area contributed by atoms with Crippen LogP contribution >= 0.6 is 27.3 Å². The highest BCUT2D eigenvalue weighted by Gasteiger charge is 2.17. The average Bonchev–Trinajstić information content (AvgIpc) is 2.71. The van der Waals surface area contributed by atoms with Crippen molar-refractivity contribution in [1.29, 1.82) is 0 Å². The summed E-state index contributed by atoms with van der Waals surface area (Å²) in [4.78, 5) is 18.7. The third-order valence-corrected chi connectivity index (χ3v) is 3.55. The molecule has 0 amide bonds. The van der Waals surface area contributed by atoms with Crippen LogP contribution in [0, 0.1) is 6.92 Å². The quantitative estimate of drug-likeness (QED) is 0.892. The van der Waals surface area contributed by atoms with E-state index in [0.29, 0.717) is 11.5 Å². The van der Waals surface area contributed by atoms with Gasteiger partial charge in [-0.25, -0.2) is 9.78 Å². The number of halogens is 1. The van der Waals surface area contributed by atoms with Gasteiger partial charge in [0, 0.05) is 9.85 Å².